The Bertz CT molecular complexity index is 197. The van der Waals surface area contributed by atoms with Crippen molar-refractivity contribution < 1.29 is 0 Å². The van der Waals surface area contributed by atoms with Gasteiger partial charge in [0, 0.05) is 5.75 Å². The van der Waals surface area contributed by atoms with E-state index in [0.29, 0.717) is 0 Å². The van der Waals surface area contributed by atoms with Gasteiger partial charge in [-0.25, -0.2) is 0 Å². The molecule has 13 heavy (non-hydrogen) atoms. The van der Waals surface area contributed by atoms with Crippen molar-refractivity contribution in [3.63, 3.8) is 0 Å². The molecule has 74 valence electrons. The van der Waals surface area contributed by atoms with Crippen LogP contribution in [0.2, 0.25) is 0 Å². The van der Waals surface area contributed by atoms with Gasteiger partial charge in [0.25, 0.3) is 0 Å². The van der Waals surface area contributed by atoms with E-state index in [-0.39, 0.29) is 0 Å². The predicted octanol–water partition coefficient (Wildman–Crippen LogP) is 3.94. The van der Waals surface area contributed by atoms with E-state index < -0.39 is 0 Å². The van der Waals surface area contributed by atoms with E-state index in [9.17, 15) is 0 Å². The number of fused-ring (bicyclic) bond motifs is 1. The quantitative estimate of drug-likeness (QED) is 0.565. The Morgan fingerprint density at radius 3 is 2.92 bits per heavy atom. The zero-order valence-corrected chi connectivity index (χ0v) is 9.52. The molecule has 0 N–H and O–H groups in total. The molecule has 1 aliphatic heterocycles. The number of allylic oxidation sites excluding steroid dienone is 1. The molecular formula is C12H20S. The summed E-state index contributed by atoms with van der Waals surface area (Å²) in [5, 5.41) is 2.33. The standard InChI is InChI=1S/C12H20S/c1-9-4-3-5-11-8-13-7-6-12(11)10(9)2/h6-7,9-12H,3-5,8H2,1-2H3. The zero-order chi connectivity index (χ0) is 9.26. The molecule has 2 aliphatic rings. The van der Waals surface area contributed by atoms with E-state index in [1.54, 1.807) is 0 Å². The van der Waals surface area contributed by atoms with Crippen LogP contribution in [0.1, 0.15) is 33.1 Å². The average molecular weight is 196 g/mol. The largest absolute Gasteiger partial charge is 0.134 e. The van der Waals surface area contributed by atoms with Crippen LogP contribution in [-0.2, 0) is 0 Å². The lowest BCUT2D eigenvalue weighted by atomic mass is 9.78. The molecule has 1 heterocycles. The SMILES string of the molecule is CC1CCCC2CSC=CC2C1C. The van der Waals surface area contributed by atoms with E-state index in [1.165, 1.54) is 25.0 Å². The minimum atomic E-state index is 0.888. The van der Waals surface area contributed by atoms with Crippen molar-refractivity contribution in [2.75, 3.05) is 5.75 Å². The molecule has 0 aromatic heterocycles. The van der Waals surface area contributed by atoms with Crippen molar-refractivity contribution in [2.24, 2.45) is 23.7 Å². The maximum absolute atomic E-state index is 2.48. The summed E-state index contributed by atoms with van der Waals surface area (Å²) < 4.78 is 0. The highest BCUT2D eigenvalue weighted by Crippen LogP contribution is 2.41. The summed E-state index contributed by atoms with van der Waals surface area (Å²) in [6, 6.07) is 0. The molecular weight excluding hydrogens is 176 g/mol. The molecule has 1 saturated carbocycles. The first kappa shape index (κ1) is 9.64. The maximum Gasteiger partial charge on any atom is 0.000804 e. The van der Waals surface area contributed by atoms with E-state index in [4.69, 9.17) is 0 Å². The molecule has 0 nitrogen and oxygen atoms in total. The van der Waals surface area contributed by atoms with Crippen molar-refractivity contribution >= 4 is 11.8 Å². The molecule has 1 aliphatic carbocycles. The maximum atomic E-state index is 2.48. The van der Waals surface area contributed by atoms with Gasteiger partial charge < -0.3 is 0 Å². The van der Waals surface area contributed by atoms with Crippen molar-refractivity contribution in [1.82, 2.24) is 0 Å². The molecule has 4 atom stereocenters. The van der Waals surface area contributed by atoms with Gasteiger partial charge in [0.15, 0.2) is 0 Å². The van der Waals surface area contributed by atoms with Crippen LogP contribution in [-0.4, -0.2) is 5.75 Å². The summed E-state index contributed by atoms with van der Waals surface area (Å²) in [6.45, 7) is 4.89. The molecule has 0 amide bonds. The topological polar surface area (TPSA) is 0 Å². The smallest absolute Gasteiger partial charge is 0.000804 e. The third-order valence-corrected chi connectivity index (χ3v) is 4.96. The number of rotatable bonds is 0. The Labute approximate surface area is 86.2 Å². The summed E-state index contributed by atoms with van der Waals surface area (Å²) >= 11 is 2.01. The molecule has 1 heteroatoms. The van der Waals surface area contributed by atoms with Crippen LogP contribution in [0.4, 0.5) is 0 Å². The fourth-order valence-corrected chi connectivity index (χ4v) is 3.86. The molecule has 0 radical (unpaired) electrons. The van der Waals surface area contributed by atoms with Gasteiger partial charge in [-0.2, -0.15) is 0 Å². The van der Waals surface area contributed by atoms with Crippen molar-refractivity contribution in [3.8, 4) is 0 Å². The first-order valence-electron chi connectivity index (χ1n) is 5.57. The second-order valence-electron chi connectivity index (χ2n) is 4.77. The average Bonchev–Trinajstić information content (AvgIpc) is 2.29. The predicted molar refractivity (Wildman–Crippen MR) is 60.8 cm³/mol. The molecule has 0 bridgehead atoms. The Balaban J connectivity index is 2.14. The van der Waals surface area contributed by atoms with Gasteiger partial charge in [-0.15, -0.1) is 11.8 Å². The third-order valence-electron chi connectivity index (χ3n) is 3.99. The molecule has 0 spiro atoms. The summed E-state index contributed by atoms with van der Waals surface area (Å²) in [6.07, 6.45) is 6.86. The van der Waals surface area contributed by atoms with Crippen molar-refractivity contribution in [3.05, 3.63) is 11.5 Å². The fraction of sp³-hybridized carbons (Fsp3) is 0.833. The normalized spacial score (nSPS) is 45.4. The van der Waals surface area contributed by atoms with Crippen LogP contribution >= 0.6 is 11.8 Å². The molecule has 1 fully saturated rings. The van der Waals surface area contributed by atoms with Crippen LogP contribution < -0.4 is 0 Å². The molecule has 2 rings (SSSR count). The monoisotopic (exact) mass is 196 g/mol. The summed E-state index contributed by atoms with van der Waals surface area (Å²) in [5.74, 6) is 5.08. The van der Waals surface area contributed by atoms with Gasteiger partial charge in [0.05, 0.1) is 0 Å². The van der Waals surface area contributed by atoms with Gasteiger partial charge >= 0.3 is 0 Å². The fourth-order valence-electron chi connectivity index (χ4n) is 2.82. The van der Waals surface area contributed by atoms with Crippen LogP contribution in [0.15, 0.2) is 11.5 Å². The number of hydrogen-bond donors (Lipinski definition) is 0. The van der Waals surface area contributed by atoms with Crippen LogP contribution in [0.25, 0.3) is 0 Å². The van der Waals surface area contributed by atoms with Gasteiger partial charge in [-0.05, 0) is 35.5 Å². The van der Waals surface area contributed by atoms with E-state index >= 15 is 0 Å². The molecule has 4 unspecified atom stereocenters. The Kier molecular flexibility index (Phi) is 3.02. The first-order chi connectivity index (χ1) is 6.29. The molecule has 0 saturated heterocycles. The first-order valence-corrected chi connectivity index (χ1v) is 6.62. The minimum Gasteiger partial charge on any atom is -0.134 e. The van der Waals surface area contributed by atoms with Crippen LogP contribution in [0, 0.1) is 23.7 Å². The zero-order valence-electron chi connectivity index (χ0n) is 8.70. The highest BCUT2D eigenvalue weighted by molar-refractivity contribution is 8.02. The molecule has 0 aromatic rings. The summed E-state index contributed by atoms with van der Waals surface area (Å²) in [7, 11) is 0. The lowest BCUT2D eigenvalue weighted by Crippen LogP contribution is -2.24. The number of hydrogen-bond acceptors (Lipinski definition) is 1. The van der Waals surface area contributed by atoms with Crippen molar-refractivity contribution in [1.29, 1.82) is 0 Å². The molecule has 0 aromatic carbocycles. The Morgan fingerprint density at radius 1 is 1.23 bits per heavy atom. The van der Waals surface area contributed by atoms with Crippen molar-refractivity contribution in [2.45, 2.75) is 33.1 Å². The van der Waals surface area contributed by atoms with E-state index in [1.807, 2.05) is 11.8 Å². The van der Waals surface area contributed by atoms with Crippen LogP contribution in [0.3, 0.4) is 0 Å². The van der Waals surface area contributed by atoms with Crippen LogP contribution in [0.5, 0.6) is 0 Å². The minimum absolute atomic E-state index is 0.888. The lowest BCUT2D eigenvalue weighted by Gasteiger charge is -2.31. The lowest BCUT2D eigenvalue weighted by molar-refractivity contribution is 0.265. The van der Waals surface area contributed by atoms with E-state index in [0.717, 1.165) is 23.7 Å². The van der Waals surface area contributed by atoms with Gasteiger partial charge in [-0.1, -0.05) is 32.8 Å². The van der Waals surface area contributed by atoms with Gasteiger partial charge in [-0.3, -0.25) is 0 Å². The Hall–Kier alpha value is 0.0900. The highest BCUT2D eigenvalue weighted by atomic mass is 32.2. The third kappa shape index (κ3) is 1.96. The second-order valence-corrected chi connectivity index (χ2v) is 5.71. The van der Waals surface area contributed by atoms with Gasteiger partial charge in [0.2, 0.25) is 0 Å². The summed E-state index contributed by atoms with van der Waals surface area (Å²) in [5.41, 5.74) is 0. The summed E-state index contributed by atoms with van der Waals surface area (Å²) in [4.78, 5) is 0. The van der Waals surface area contributed by atoms with E-state index in [2.05, 4.69) is 25.3 Å². The second kappa shape index (κ2) is 4.08. The Morgan fingerprint density at radius 2 is 2.08 bits per heavy atom. The number of thioether (sulfide) groups is 1. The van der Waals surface area contributed by atoms with Gasteiger partial charge in [0.1, 0.15) is 0 Å². The highest BCUT2D eigenvalue weighted by Gasteiger charge is 2.32.